The molecule has 2 heteroatoms. The minimum absolute atomic E-state index is 0.0832. The molecular formula is C17H16BrCl. The van der Waals surface area contributed by atoms with Gasteiger partial charge in [-0.3, -0.25) is 0 Å². The van der Waals surface area contributed by atoms with Crippen molar-refractivity contribution >= 4 is 27.5 Å². The maximum atomic E-state index is 6.68. The van der Waals surface area contributed by atoms with Crippen molar-refractivity contribution in [3.8, 4) is 0 Å². The van der Waals surface area contributed by atoms with Crippen molar-refractivity contribution in [1.82, 2.24) is 0 Å². The van der Waals surface area contributed by atoms with E-state index in [0.717, 1.165) is 10.0 Å². The maximum Gasteiger partial charge on any atom is 0.0846 e. The normalized spacial score (nSPS) is 15.3. The van der Waals surface area contributed by atoms with E-state index < -0.39 is 0 Å². The number of rotatable bonds is 2. The predicted octanol–water partition coefficient (Wildman–Crippen LogP) is 5.57. The lowest BCUT2D eigenvalue weighted by Gasteiger charge is -2.15. The van der Waals surface area contributed by atoms with E-state index in [0.29, 0.717) is 0 Å². The Balaban J connectivity index is 2.00. The molecule has 1 atom stereocenters. The van der Waals surface area contributed by atoms with Crippen LogP contribution in [0.3, 0.4) is 0 Å². The minimum atomic E-state index is -0.0832. The fourth-order valence-electron chi connectivity index (χ4n) is 2.79. The van der Waals surface area contributed by atoms with Gasteiger partial charge >= 0.3 is 0 Å². The third-order valence-corrected chi connectivity index (χ3v) is 5.48. The van der Waals surface area contributed by atoms with Gasteiger partial charge in [0.25, 0.3) is 0 Å². The van der Waals surface area contributed by atoms with Gasteiger partial charge < -0.3 is 0 Å². The van der Waals surface area contributed by atoms with Gasteiger partial charge in [-0.15, -0.1) is 11.6 Å². The quantitative estimate of drug-likeness (QED) is 0.629. The lowest BCUT2D eigenvalue weighted by molar-refractivity contribution is 0.911. The molecule has 0 amide bonds. The van der Waals surface area contributed by atoms with Crippen LogP contribution >= 0.6 is 27.5 Å². The second kappa shape index (κ2) is 5.30. The van der Waals surface area contributed by atoms with Crippen molar-refractivity contribution in [3.63, 3.8) is 0 Å². The Bertz CT molecular complexity index is 619. The van der Waals surface area contributed by atoms with Crippen LogP contribution in [0, 0.1) is 6.92 Å². The molecule has 2 aromatic carbocycles. The van der Waals surface area contributed by atoms with Gasteiger partial charge in [0.15, 0.2) is 0 Å². The summed E-state index contributed by atoms with van der Waals surface area (Å²) in [5.41, 5.74) is 6.56. The molecule has 1 aliphatic rings. The molecule has 0 heterocycles. The smallest absolute Gasteiger partial charge is 0.0846 e. The molecule has 98 valence electrons. The number of aryl methyl sites for hydroxylation is 3. The van der Waals surface area contributed by atoms with Gasteiger partial charge in [0, 0.05) is 4.47 Å². The monoisotopic (exact) mass is 334 g/mol. The molecule has 0 nitrogen and oxygen atoms in total. The van der Waals surface area contributed by atoms with Crippen LogP contribution < -0.4 is 0 Å². The average molecular weight is 336 g/mol. The second-order valence-electron chi connectivity index (χ2n) is 5.22. The molecule has 0 N–H and O–H groups in total. The Kier molecular flexibility index (Phi) is 3.68. The average Bonchev–Trinajstić information content (AvgIpc) is 2.88. The summed E-state index contributed by atoms with van der Waals surface area (Å²) in [6.45, 7) is 2.10. The zero-order chi connectivity index (χ0) is 13.4. The zero-order valence-corrected chi connectivity index (χ0v) is 13.3. The summed E-state index contributed by atoms with van der Waals surface area (Å²) in [4.78, 5) is 0. The van der Waals surface area contributed by atoms with Gasteiger partial charge in [-0.25, -0.2) is 0 Å². The van der Waals surface area contributed by atoms with E-state index in [2.05, 4.69) is 59.3 Å². The SMILES string of the molecule is Cc1cccc(C(Cl)c2ccc3c(c2)CCC3)c1Br. The van der Waals surface area contributed by atoms with Crippen molar-refractivity contribution < 1.29 is 0 Å². The lowest BCUT2D eigenvalue weighted by Crippen LogP contribution is -1.97. The Morgan fingerprint density at radius 3 is 2.74 bits per heavy atom. The lowest BCUT2D eigenvalue weighted by atomic mass is 9.99. The Hall–Kier alpha value is -0.790. The molecule has 0 saturated heterocycles. The third kappa shape index (κ3) is 2.46. The first-order valence-corrected chi connectivity index (χ1v) is 7.90. The van der Waals surface area contributed by atoms with E-state index in [-0.39, 0.29) is 5.38 Å². The molecule has 1 unspecified atom stereocenters. The van der Waals surface area contributed by atoms with Gasteiger partial charge in [-0.2, -0.15) is 0 Å². The van der Waals surface area contributed by atoms with Gasteiger partial charge in [0.2, 0.25) is 0 Å². The van der Waals surface area contributed by atoms with Gasteiger partial charge in [-0.05, 0) is 54.0 Å². The molecule has 0 aliphatic heterocycles. The van der Waals surface area contributed by atoms with Gasteiger partial charge in [0.05, 0.1) is 5.38 Å². The van der Waals surface area contributed by atoms with Crippen LogP contribution in [0.2, 0.25) is 0 Å². The first-order chi connectivity index (χ1) is 9.16. The van der Waals surface area contributed by atoms with Crippen LogP contribution in [-0.2, 0) is 12.8 Å². The zero-order valence-electron chi connectivity index (χ0n) is 10.9. The number of halogens is 2. The van der Waals surface area contributed by atoms with Gasteiger partial charge in [0.1, 0.15) is 0 Å². The maximum absolute atomic E-state index is 6.68. The van der Waals surface area contributed by atoms with Crippen LogP contribution in [0.1, 0.15) is 39.6 Å². The summed E-state index contributed by atoms with van der Waals surface area (Å²) < 4.78 is 1.12. The van der Waals surface area contributed by atoms with E-state index in [1.165, 1.54) is 41.5 Å². The topological polar surface area (TPSA) is 0 Å². The fraction of sp³-hybridized carbons (Fsp3) is 0.294. The molecule has 19 heavy (non-hydrogen) atoms. The van der Waals surface area contributed by atoms with Crippen molar-refractivity contribution in [1.29, 1.82) is 0 Å². The Labute approximate surface area is 127 Å². The predicted molar refractivity (Wildman–Crippen MR) is 85.0 cm³/mol. The van der Waals surface area contributed by atoms with Crippen LogP contribution in [0.15, 0.2) is 40.9 Å². The molecule has 0 fully saturated rings. The van der Waals surface area contributed by atoms with Crippen molar-refractivity contribution in [2.45, 2.75) is 31.6 Å². The summed E-state index contributed by atoms with van der Waals surface area (Å²) >= 11 is 10.3. The molecule has 0 radical (unpaired) electrons. The number of fused-ring (bicyclic) bond motifs is 1. The third-order valence-electron chi connectivity index (χ3n) is 3.91. The summed E-state index contributed by atoms with van der Waals surface area (Å²) in [5.74, 6) is 0. The summed E-state index contributed by atoms with van der Waals surface area (Å²) in [6, 6.07) is 13.0. The summed E-state index contributed by atoms with van der Waals surface area (Å²) in [6.07, 6.45) is 3.69. The highest BCUT2D eigenvalue weighted by molar-refractivity contribution is 9.10. The molecule has 2 aromatic rings. The molecule has 1 aliphatic carbocycles. The van der Waals surface area contributed by atoms with E-state index in [4.69, 9.17) is 11.6 Å². The molecule has 0 saturated carbocycles. The molecule has 0 spiro atoms. The Morgan fingerprint density at radius 2 is 1.89 bits per heavy atom. The molecule has 0 bridgehead atoms. The number of hydrogen-bond acceptors (Lipinski definition) is 0. The van der Waals surface area contributed by atoms with Crippen LogP contribution in [0.25, 0.3) is 0 Å². The van der Waals surface area contributed by atoms with Crippen LogP contribution in [0.4, 0.5) is 0 Å². The highest BCUT2D eigenvalue weighted by atomic mass is 79.9. The standard InChI is InChI=1S/C17H16BrCl/c1-11-4-2-7-15(16(11)18)17(19)14-9-8-12-5-3-6-13(12)10-14/h2,4,7-10,17H,3,5-6H2,1H3. The fourth-order valence-corrected chi connectivity index (χ4v) is 3.74. The number of hydrogen-bond donors (Lipinski definition) is 0. The van der Waals surface area contributed by atoms with E-state index >= 15 is 0 Å². The minimum Gasteiger partial charge on any atom is -0.113 e. The molecule has 0 aromatic heterocycles. The highest BCUT2D eigenvalue weighted by Gasteiger charge is 2.18. The number of alkyl halides is 1. The Morgan fingerprint density at radius 1 is 1.11 bits per heavy atom. The van der Waals surface area contributed by atoms with Gasteiger partial charge in [-0.1, -0.05) is 52.3 Å². The van der Waals surface area contributed by atoms with Crippen molar-refractivity contribution in [2.24, 2.45) is 0 Å². The van der Waals surface area contributed by atoms with Crippen LogP contribution in [-0.4, -0.2) is 0 Å². The largest absolute Gasteiger partial charge is 0.113 e. The summed E-state index contributed by atoms with van der Waals surface area (Å²) in [7, 11) is 0. The van der Waals surface area contributed by atoms with E-state index in [1.807, 2.05) is 0 Å². The van der Waals surface area contributed by atoms with E-state index in [9.17, 15) is 0 Å². The highest BCUT2D eigenvalue weighted by Crippen LogP contribution is 2.36. The first kappa shape index (κ1) is 13.2. The second-order valence-corrected chi connectivity index (χ2v) is 6.45. The molecular weight excluding hydrogens is 320 g/mol. The molecule has 3 rings (SSSR count). The summed E-state index contributed by atoms with van der Waals surface area (Å²) in [5, 5.41) is -0.0832. The van der Waals surface area contributed by atoms with Crippen LogP contribution in [0.5, 0.6) is 0 Å². The van der Waals surface area contributed by atoms with E-state index in [1.54, 1.807) is 0 Å². The first-order valence-electron chi connectivity index (χ1n) is 6.67. The van der Waals surface area contributed by atoms with Crippen molar-refractivity contribution in [2.75, 3.05) is 0 Å². The van der Waals surface area contributed by atoms with Crippen molar-refractivity contribution in [3.05, 3.63) is 68.7 Å². The number of benzene rings is 2.